The van der Waals surface area contributed by atoms with Crippen molar-refractivity contribution >= 4 is 17.5 Å². The second-order valence-corrected chi connectivity index (χ2v) is 7.52. The average molecular weight is 457 g/mol. The molecule has 0 N–H and O–H groups in total. The van der Waals surface area contributed by atoms with E-state index in [9.17, 15) is 14.4 Å². The molecule has 0 aromatic heterocycles. The molecular formula is C29H44O4. The van der Waals surface area contributed by atoms with Gasteiger partial charge in [0.1, 0.15) is 11.6 Å². The summed E-state index contributed by atoms with van der Waals surface area (Å²) in [7, 11) is 1.38. The number of unbranched alkanes of at least 4 members (excludes halogenated alkanes) is 3. The molecule has 0 atom stereocenters. The highest BCUT2D eigenvalue weighted by Crippen LogP contribution is 2.07. The van der Waals surface area contributed by atoms with Crippen molar-refractivity contribution in [2.45, 2.75) is 86.5 Å². The first kappa shape index (κ1) is 32.4. The van der Waals surface area contributed by atoms with E-state index < -0.39 is 0 Å². The molecule has 0 heterocycles. The first-order valence-corrected chi connectivity index (χ1v) is 12.0. The number of esters is 1. The third-order valence-corrected chi connectivity index (χ3v) is 4.54. The van der Waals surface area contributed by atoms with Crippen molar-refractivity contribution in [3.05, 3.63) is 71.3 Å². The van der Waals surface area contributed by atoms with Gasteiger partial charge in [-0.25, -0.2) is 4.79 Å². The second kappa shape index (κ2) is 22.4. The predicted molar refractivity (Wildman–Crippen MR) is 139 cm³/mol. The quantitative estimate of drug-likeness (QED) is 0.286. The maximum atomic E-state index is 10.9. The number of rotatable bonds is 9. The van der Waals surface area contributed by atoms with Crippen molar-refractivity contribution < 1.29 is 19.1 Å². The lowest BCUT2D eigenvalue weighted by atomic mass is 10.1. The molecule has 2 aromatic carbocycles. The minimum atomic E-state index is -0.287. The van der Waals surface area contributed by atoms with Gasteiger partial charge in [-0.2, -0.15) is 0 Å². The lowest BCUT2D eigenvalue weighted by Crippen LogP contribution is -2.00. The van der Waals surface area contributed by atoms with Gasteiger partial charge in [-0.05, 0) is 45.7 Å². The Bertz CT molecular complexity index is 749. The Morgan fingerprint density at radius 2 is 1.21 bits per heavy atom. The van der Waals surface area contributed by atoms with E-state index in [4.69, 9.17) is 0 Å². The molecule has 4 heteroatoms. The molecule has 2 aromatic rings. The molecule has 0 spiro atoms. The van der Waals surface area contributed by atoms with Crippen molar-refractivity contribution in [2.24, 2.45) is 0 Å². The fourth-order valence-electron chi connectivity index (χ4n) is 2.57. The van der Waals surface area contributed by atoms with Gasteiger partial charge in [-0.1, -0.05) is 87.2 Å². The van der Waals surface area contributed by atoms with E-state index in [1.165, 1.54) is 12.7 Å². The highest BCUT2D eigenvalue weighted by atomic mass is 16.5. The van der Waals surface area contributed by atoms with Gasteiger partial charge in [0.25, 0.3) is 0 Å². The fourth-order valence-corrected chi connectivity index (χ4v) is 2.57. The minimum Gasteiger partial charge on any atom is -0.465 e. The van der Waals surface area contributed by atoms with E-state index in [1.54, 1.807) is 19.1 Å². The van der Waals surface area contributed by atoms with Crippen LogP contribution in [0.2, 0.25) is 0 Å². The van der Waals surface area contributed by atoms with Gasteiger partial charge in [-0.15, -0.1) is 0 Å². The number of carbonyl (C=O) groups excluding carboxylic acids is 3. The van der Waals surface area contributed by atoms with Gasteiger partial charge in [0.05, 0.1) is 12.7 Å². The van der Waals surface area contributed by atoms with Gasteiger partial charge in [-0.3, -0.25) is 4.79 Å². The highest BCUT2D eigenvalue weighted by molar-refractivity contribution is 5.89. The average Bonchev–Trinajstić information content (AvgIpc) is 2.83. The lowest BCUT2D eigenvalue weighted by Gasteiger charge is -1.98. The summed E-state index contributed by atoms with van der Waals surface area (Å²) in [5.41, 5.74) is 3.05. The molecule has 2 rings (SSSR count). The number of hydrogen-bond acceptors (Lipinski definition) is 4. The van der Waals surface area contributed by atoms with Crippen LogP contribution in [0.1, 0.15) is 94.1 Å². The van der Waals surface area contributed by atoms with Gasteiger partial charge < -0.3 is 9.53 Å². The standard InChI is InChI=1S/C11H20O2.C9H10O2.C7H8.C2H6/c1-3-11(13)9-7-5-4-6-8-10(2)12;1-7-3-5-8(6-4-7)9(10)11-2;1-7-5-3-2-4-6-7;1-2/h3-9H2,1-2H3;3-6H,1-2H3;2-6H,1H3;1-2H3. The van der Waals surface area contributed by atoms with Crippen LogP contribution in [-0.2, 0) is 14.3 Å². The number of hydrogen-bond donors (Lipinski definition) is 0. The highest BCUT2D eigenvalue weighted by Gasteiger charge is 2.02. The summed E-state index contributed by atoms with van der Waals surface area (Å²) in [6, 6.07) is 17.5. The third-order valence-electron chi connectivity index (χ3n) is 4.54. The van der Waals surface area contributed by atoms with Crippen molar-refractivity contribution in [1.29, 1.82) is 0 Å². The number of ketones is 2. The van der Waals surface area contributed by atoms with E-state index in [1.807, 2.05) is 58.0 Å². The monoisotopic (exact) mass is 456 g/mol. The molecule has 0 unspecified atom stereocenters. The zero-order valence-electron chi connectivity index (χ0n) is 21.8. The first-order chi connectivity index (χ1) is 15.8. The summed E-state index contributed by atoms with van der Waals surface area (Å²) in [6.45, 7) is 11.6. The number of Topliss-reactive ketones (excluding diaryl/α,β-unsaturated/α-hetero) is 2. The van der Waals surface area contributed by atoms with Crippen molar-refractivity contribution in [3.8, 4) is 0 Å². The molecule has 4 nitrogen and oxygen atoms in total. The molecule has 0 saturated carbocycles. The maximum absolute atomic E-state index is 10.9. The van der Waals surface area contributed by atoms with Crippen molar-refractivity contribution in [3.63, 3.8) is 0 Å². The summed E-state index contributed by atoms with van der Waals surface area (Å²) < 4.78 is 4.54. The molecule has 0 aliphatic carbocycles. The number of methoxy groups -OCH3 is 1. The number of benzene rings is 2. The molecule has 0 radical (unpaired) electrons. The Hall–Kier alpha value is -2.75. The van der Waals surface area contributed by atoms with Gasteiger partial charge in [0.2, 0.25) is 0 Å². The topological polar surface area (TPSA) is 60.4 Å². The normalized spacial score (nSPS) is 9.06. The van der Waals surface area contributed by atoms with E-state index >= 15 is 0 Å². The molecule has 33 heavy (non-hydrogen) atoms. The maximum Gasteiger partial charge on any atom is 0.337 e. The summed E-state index contributed by atoms with van der Waals surface area (Å²) in [6.07, 6.45) is 6.21. The molecule has 184 valence electrons. The Morgan fingerprint density at radius 1 is 0.727 bits per heavy atom. The van der Waals surface area contributed by atoms with E-state index in [2.05, 4.69) is 23.8 Å². The smallest absolute Gasteiger partial charge is 0.337 e. The summed E-state index contributed by atoms with van der Waals surface area (Å²) >= 11 is 0. The molecular weight excluding hydrogens is 412 g/mol. The molecule has 0 aliphatic rings. The Morgan fingerprint density at radius 3 is 1.61 bits per heavy atom. The van der Waals surface area contributed by atoms with E-state index in [0.29, 0.717) is 24.2 Å². The van der Waals surface area contributed by atoms with Crippen LogP contribution in [0.5, 0.6) is 0 Å². The third kappa shape index (κ3) is 20.9. The van der Waals surface area contributed by atoms with Crippen LogP contribution in [0, 0.1) is 13.8 Å². The van der Waals surface area contributed by atoms with Crippen molar-refractivity contribution in [2.75, 3.05) is 7.11 Å². The van der Waals surface area contributed by atoms with Crippen molar-refractivity contribution in [1.82, 2.24) is 0 Å². The van der Waals surface area contributed by atoms with E-state index in [0.717, 1.165) is 37.7 Å². The Balaban J connectivity index is 0. The first-order valence-electron chi connectivity index (χ1n) is 12.0. The zero-order chi connectivity index (χ0) is 25.5. The summed E-state index contributed by atoms with van der Waals surface area (Å²) in [5, 5.41) is 0. The van der Waals surface area contributed by atoms with Crippen LogP contribution in [0.25, 0.3) is 0 Å². The minimum absolute atomic E-state index is 0.268. The number of aryl methyl sites for hydroxylation is 2. The van der Waals surface area contributed by atoms with Gasteiger partial charge in [0.15, 0.2) is 0 Å². The largest absolute Gasteiger partial charge is 0.465 e. The Labute approximate surface area is 201 Å². The van der Waals surface area contributed by atoms with Gasteiger partial charge >= 0.3 is 5.97 Å². The summed E-state index contributed by atoms with van der Waals surface area (Å²) in [5.74, 6) is 0.334. The predicted octanol–water partition coefficient (Wildman–Crippen LogP) is 7.70. The van der Waals surface area contributed by atoms with Crippen LogP contribution in [0.3, 0.4) is 0 Å². The zero-order valence-corrected chi connectivity index (χ0v) is 21.8. The number of carbonyl (C=O) groups is 3. The molecule has 0 amide bonds. The molecule has 0 aliphatic heterocycles. The molecule has 0 saturated heterocycles. The van der Waals surface area contributed by atoms with E-state index in [-0.39, 0.29) is 11.8 Å². The van der Waals surface area contributed by atoms with Crippen LogP contribution in [0.4, 0.5) is 0 Å². The summed E-state index contributed by atoms with van der Waals surface area (Å²) in [4.78, 5) is 32.4. The lowest BCUT2D eigenvalue weighted by molar-refractivity contribution is -0.119. The SMILES string of the molecule is CC.CCC(=O)CCCCCCC(C)=O.COC(=O)c1ccc(C)cc1.Cc1ccccc1. The second-order valence-electron chi connectivity index (χ2n) is 7.52. The van der Waals surface area contributed by atoms with Crippen LogP contribution < -0.4 is 0 Å². The van der Waals surface area contributed by atoms with Gasteiger partial charge in [0, 0.05) is 19.3 Å². The molecule has 0 bridgehead atoms. The fraction of sp³-hybridized carbons (Fsp3) is 0.483. The number of ether oxygens (including phenoxy) is 1. The van der Waals surface area contributed by atoms with Crippen LogP contribution in [-0.4, -0.2) is 24.6 Å². The van der Waals surface area contributed by atoms with Crippen LogP contribution >= 0.6 is 0 Å². The molecule has 0 fully saturated rings. The van der Waals surface area contributed by atoms with Crippen LogP contribution in [0.15, 0.2) is 54.6 Å². The Kier molecular flexibility index (Phi) is 22.1.